The third-order valence-electron chi connectivity index (χ3n) is 4.70. The first kappa shape index (κ1) is 27.5. The van der Waals surface area contributed by atoms with E-state index in [0.717, 1.165) is 31.8 Å². The predicted molar refractivity (Wildman–Crippen MR) is 115 cm³/mol. The molecule has 0 bridgehead atoms. The minimum Gasteiger partial charge on any atom is -1.00 e. The fourth-order valence-corrected chi connectivity index (χ4v) is 3.08. The number of urea groups is 1. The smallest absolute Gasteiger partial charge is 0.417 e. The number of halogens is 5. The number of alkyl halides is 3. The number of amides is 3. The van der Waals surface area contributed by atoms with Gasteiger partial charge in [-0.05, 0) is 56.3 Å². The second-order valence-electron chi connectivity index (χ2n) is 6.81. The van der Waals surface area contributed by atoms with Crippen LogP contribution in [0.1, 0.15) is 29.8 Å². The maximum Gasteiger partial charge on any atom is 0.417 e. The molecule has 0 radical (unpaired) electrons. The number of quaternary nitrogens is 1. The molecule has 0 spiro atoms. The molecule has 2 aromatic carbocycles. The van der Waals surface area contributed by atoms with Crippen LogP contribution in [0.4, 0.5) is 29.3 Å². The number of carbonyl (C=O) groups excluding carboxylic acids is 2. The first-order valence-electron chi connectivity index (χ1n) is 9.80. The van der Waals surface area contributed by atoms with Crippen LogP contribution in [0.25, 0.3) is 0 Å². The molecule has 0 saturated heterocycles. The van der Waals surface area contributed by atoms with Crippen LogP contribution in [-0.4, -0.2) is 38.1 Å². The van der Waals surface area contributed by atoms with E-state index < -0.39 is 22.7 Å². The zero-order chi connectivity index (χ0) is 23.0. The molecule has 0 atom stereocenters. The lowest BCUT2D eigenvalue weighted by atomic mass is 10.1. The van der Waals surface area contributed by atoms with Gasteiger partial charge in [-0.2, -0.15) is 13.2 Å². The molecule has 0 heterocycles. The summed E-state index contributed by atoms with van der Waals surface area (Å²) in [5.41, 5.74) is -0.353. The number of likely N-dealkylation sites (N-methyl/N-ethyl adjacent to an activating group) is 1. The maximum atomic E-state index is 13.0. The van der Waals surface area contributed by atoms with Gasteiger partial charge in [0.1, 0.15) is 0 Å². The van der Waals surface area contributed by atoms with Crippen LogP contribution in [0.3, 0.4) is 0 Å². The Kier molecular flexibility index (Phi) is 10.8. The highest BCUT2D eigenvalue weighted by Gasteiger charge is 2.33. The highest BCUT2D eigenvalue weighted by atomic mass is 35.5. The summed E-state index contributed by atoms with van der Waals surface area (Å²) in [4.78, 5) is 25.7. The maximum absolute atomic E-state index is 13.0. The Balaban J connectivity index is 0.00000512. The van der Waals surface area contributed by atoms with E-state index in [4.69, 9.17) is 11.6 Å². The summed E-state index contributed by atoms with van der Waals surface area (Å²) in [5, 5.41) is 7.40. The molecule has 0 saturated carbocycles. The topological polar surface area (TPSA) is 74.7 Å². The van der Waals surface area contributed by atoms with E-state index in [-0.39, 0.29) is 29.7 Å². The quantitative estimate of drug-likeness (QED) is 0.437. The van der Waals surface area contributed by atoms with Crippen LogP contribution in [-0.2, 0) is 6.18 Å². The fraction of sp³-hybridized carbons (Fsp3) is 0.333. The van der Waals surface area contributed by atoms with Gasteiger partial charge in [0.15, 0.2) is 0 Å². The average Bonchev–Trinajstić information content (AvgIpc) is 2.72. The van der Waals surface area contributed by atoms with Crippen molar-refractivity contribution in [2.45, 2.75) is 20.0 Å². The second-order valence-corrected chi connectivity index (χ2v) is 7.22. The van der Waals surface area contributed by atoms with E-state index in [0.29, 0.717) is 12.2 Å². The Bertz CT molecular complexity index is 905. The first-order chi connectivity index (χ1) is 14.6. The highest BCUT2D eigenvalue weighted by molar-refractivity contribution is 6.31. The van der Waals surface area contributed by atoms with E-state index in [1.807, 2.05) is 0 Å². The number of anilines is 2. The monoisotopic (exact) mass is 492 g/mol. The van der Waals surface area contributed by atoms with Gasteiger partial charge < -0.3 is 33.3 Å². The van der Waals surface area contributed by atoms with Gasteiger partial charge in [-0.1, -0.05) is 11.6 Å². The Morgan fingerprint density at radius 3 is 2.12 bits per heavy atom. The van der Waals surface area contributed by atoms with Crippen molar-refractivity contribution in [3.8, 4) is 0 Å². The van der Waals surface area contributed by atoms with Crippen molar-refractivity contribution < 1.29 is 40.1 Å². The van der Waals surface area contributed by atoms with Gasteiger partial charge in [0.2, 0.25) is 0 Å². The molecule has 2 rings (SSSR count). The van der Waals surface area contributed by atoms with Crippen molar-refractivity contribution >= 4 is 34.9 Å². The van der Waals surface area contributed by atoms with Crippen molar-refractivity contribution in [1.29, 1.82) is 0 Å². The number of benzene rings is 2. The van der Waals surface area contributed by atoms with Crippen LogP contribution in [0.15, 0.2) is 42.5 Å². The Labute approximate surface area is 195 Å². The molecule has 11 heteroatoms. The van der Waals surface area contributed by atoms with Crippen molar-refractivity contribution in [3.05, 3.63) is 58.6 Å². The molecule has 0 unspecified atom stereocenters. The van der Waals surface area contributed by atoms with Gasteiger partial charge in [0.25, 0.3) is 5.91 Å². The van der Waals surface area contributed by atoms with E-state index >= 15 is 0 Å². The minimum absolute atomic E-state index is 0. The SMILES string of the molecule is CC[NH+](CC)CCNC(=O)Nc1ccc(C(=O)Nc2ccc(Cl)c(C(F)(F)F)c2)cc1.[Cl-]. The van der Waals surface area contributed by atoms with Gasteiger partial charge in [0, 0.05) is 16.9 Å². The number of nitrogens with one attached hydrogen (secondary N) is 4. The van der Waals surface area contributed by atoms with Gasteiger partial charge in [-0.15, -0.1) is 0 Å². The number of hydrogen-bond acceptors (Lipinski definition) is 2. The zero-order valence-electron chi connectivity index (χ0n) is 17.6. The summed E-state index contributed by atoms with van der Waals surface area (Å²) in [6.07, 6.45) is -4.63. The van der Waals surface area contributed by atoms with Crippen LogP contribution in [0, 0.1) is 0 Å². The first-order valence-corrected chi connectivity index (χ1v) is 10.2. The zero-order valence-corrected chi connectivity index (χ0v) is 19.1. The lowest BCUT2D eigenvalue weighted by Crippen LogP contribution is -3.12. The van der Waals surface area contributed by atoms with Crippen LogP contribution in [0.5, 0.6) is 0 Å². The third kappa shape index (κ3) is 8.22. The summed E-state index contributed by atoms with van der Waals surface area (Å²) in [6, 6.07) is 8.78. The highest BCUT2D eigenvalue weighted by Crippen LogP contribution is 2.36. The summed E-state index contributed by atoms with van der Waals surface area (Å²) in [6.45, 7) is 7.48. The molecule has 0 aliphatic rings. The van der Waals surface area contributed by atoms with Gasteiger partial charge in [-0.25, -0.2) is 4.79 Å². The number of carbonyl (C=O) groups is 2. The third-order valence-corrected chi connectivity index (χ3v) is 5.03. The molecule has 176 valence electrons. The lowest BCUT2D eigenvalue weighted by Gasteiger charge is -2.15. The van der Waals surface area contributed by atoms with Crippen LogP contribution >= 0.6 is 11.6 Å². The number of hydrogen-bond donors (Lipinski definition) is 4. The molecule has 0 aliphatic carbocycles. The summed E-state index contributed by atoms with van der Waals surface area (Å²) in [7, 11) is 0. The average molecular weight is 493 g/mol. The Hall–Kier alpha value is -2.49. The summed E-state index contributed by atoms with van der Waals surface area (Å²) in [5.74, 6) is -0.589. The largest absolute Gasteiger partial charge is 1.00 e. The molecular weight excluding hydrogens is 468 g/mol. The standard InChI is InChI=1S/C21H24ClF3N4O2.ClH/c1-3-29(4-2)12-11-26-20(31)28-15-7-5-14(6-8-15)19(30)27-16-9-10-18(22)17(13-16)21(23,24)25;/h5-10,13H,3-4,11-12H2,1-2H3,(H,27,30)(H2,26,28,31);1H. The summed E-state index contributed by atoms with van der Waals surface area (Å²) < 4.78 is 38.9. The van der Waals surface area contributed by atoms with Crippen LogP contribution in [0.2, 0.25) is 5.02 Å². The second kappa shape index (κ2) is 12.5. The van der Waals surface area contributed by atoms with E-state index in [1.165, 1.54) is 35.2 Å². The van der Waals surface area contributed by atoms with Gasteiger partial charge >= 0.3 is 12.2 Å². The van der Waals surface area contributed by atoms with Crippen molar-refractivity contribution in [1.82, 2.24) is 5.32 Å². The normalized spacial score (nSPS) is 11.0. The molecule has 0 aromatic heterocycles. The molecule has 6 nitrogen and oxygen atoms in total. The predicted octanol–water partition coefficient (Wildman–Crippen LogP) is 0.661. The Morgan fingerprint density at radius 2 is 1.56 bits per heavy atom. The molecule has 32 heavy (non-hydrogen) atoms. The molecule has 3 amide bonds. The fourth-order valence-electron chi connectivity index (χ4n) is 2.86. The molecule has 0 fully saturated rings. The minimum atomic E-state index is -4.63. The molecule has 0 aliphatic heterocycles. The van der Waals surface area contributed by atoms with Crippen molar-refractivity contribution in [2.75, 3.05) is 36.8 Å². The summed E-state index contributed by atoms with van der Waals surface area (Å²) >= 11 is 5.58. The van der Waals surface area contributed by atoms with E-state index in [1.54, 1.807) is 0 Å². The van der Waals surface area contributed by atoms with Crippen molar-refractivity contribution in [2.24, 2.45) is 0 Å². The van der Waals surface area contributed by atoms with E-state index in [2.05, 4.69) is 29.8 Å². The van der Waals surface area contributed by atoms with Gasteiger partial charge in [-0.3, -0.25) is 4.79 Å². The van der Waals surface area contributed by atoms with Crippen molar-refractivity contribution in [3.63, 3.8) is 0 Å². The molecule has 2 aromatic rings. The molecule has 4 N–H and O–H groups in total. The number of rotatable bonds is 8. The lowest BCUT2D eigenvalue weighted by molar-refractivity contribution is -0.895. The Morgan fingerprint density at radius 1 is 0.969 bits per heavy atom. The molecular formula is C21H25Cl2F3N4O2. The van der Waals surface area contributed by atoms with Crippen LogP contribution < -0.4 is 33.3 Å². The van der Waals surface area contributed by atoms with E-state index in [9.17, 15) is 22.8 Å². The van der Waals surface area contributed by atoms with Gasteiger partial charge in [0.05, 0.1) is 36.8 Å².